The fourth-order valence-electron chi connectivity index (χ4n) is 4.11. The van der Waals surface area contributed by atoms with Crippen molar-refractivity contribution in [3.05, 3.63) is 66.2 Å². The van der Waals surface area contributed by atoms with Gasteiger partial charge in [-0.05, 0) is 36.4 Å². The predicted octanol–water partition coefficient (Wildman–Crippen LogP) is 3.36. The van der Waals surface area contributed by atoms with E-state index >= 15 is 0 Å². The second kappa shape index (κ2) is 8.32. The number of hydrogen-bond donors (Lipinski definition) is 0. The summed E-state index contributed by atoms with van der Waals surface area (Å²) in [6, 6.07) is 19.8. The summed E-state index contributed by atoms with van der Waals surface area (Å²) in [6.45, 7) is 4.56. The summed E-state index contributed by atoms with van der Waals surface area (Å²) < 4.78 is 11.5. The summed E-state index contributed by atoms with van der Waals surface area (Å²) >= 11 is 0. The van der Waals surface area contributed by atoms with Gasteiger partial charge in [0, 0.05) is 48.8 Å². The van der Waals surface area contributed by atoms with Crippen LogP contribution in [0, 0.1) is 0 Å². The number of nitrogens with zero attached hydrogens (tertiary/aromatic N) is 3. The Kier molecular flexibility index (Phi) is 5.24. The lowest BCUT2D eigenvalue weighted by Gasteiger charge is -2.29. The van der Waals surface area contributed by atoms with E-state index in [1.165, 1.54) is 0 Å². The van der Waals surface area contributed by atoms with Crippen LogP contribution in [0.5, 0.6) is 5.88 Å². The molecule has 2 saturated heterocycles. The Labute approximate surface area is 176 Å². The van der Waals surface area contributed by atoms with Gasteiger partial charge in [-0.3, -0.25) is 4.79 Å². The number of carbonyl (C=O) groups excluding carboxylic acids is 1. The molecule has 0 spiro atoms. The molecule has 1 aromatic heterocycles. The Balaban J connectivity index is 1.21. The smallest absolute Gasteiger partial charge is 0.253 e. The number of fused-ring (bicyclic) bond motifs is 1. The summed E-state index contributed by atoms with van der Waals surface area (Å²) in [7, 11) is 0. The molecule has 30 heavy (non-hydrogen) atoms. The number of rotatable bonds is 4. The van der Waals surface area contributed by atoms with Crippen LogP contribution < -0.4 is 9.64 Å². The maximum absolute atomic E-state index is 12.9. The van der Waals surface area contributed by atoms with Crippen molar-refractivity contribution < 1.29 is 14.3 Å². The first kappa shape index (κ1) is 18.9. The van der Waals surface area contributed by atoms with Gasteiger partial charge in [-0.2, -0.15) is 0 Å². The van der Waals surface area contributed by atoms with Gasteiger partial charge in [0.05, 0.1) is 25.3 Å². The molecule has 154 valence electrons. The average molecular weight is 403 g/mol. The Morgan fingerprint density at radius 2 is 1.77 bits per heavy atom. The third-order valence-corrected chi connectivity index (χ3v) is 5.78. The molecule has 2 aliphatic rings. The van der Waals surface area contributed by atoms with Crippen molar-refractivity contribution in [3.63, 3.8) is 0 Å². The van der Waals surface area contributed by atoms with E-state index in [2.05, 4.69) is 9.88 Å². The predicted molar refractivity (Wildman–Crippen MR) is 116 cm³/mol. The molecule has 0 bridgehead atoms. The molecule has 0 aliphatic carbocycles. The van der Waals surface area contributed by atoms with Crippen LogP contribution >= 0.6 is 0 Å². The molecule has 0 N–H and O–H groups in total. The first-order chi connectivity index (χ1) is 14.8. The topological polar surface area (TPSA) is 54.9 Å². The van der Waals surface area contributed by atoms with Crippen LogP contribution in [-0.4, -0.2) is 61.3 Å². The molecule has 2 aliphatic heterocycles. The normalized spacial score (nSPS) is 19.3. The van der Waals surface area contributed by atoms with Gasteiger partial charge in [0.1, 0.15) is 6.10 Å². The highest BCUT2D eigenvalue weighted by Crippen LogP contribution is 2.22. The number of pyridine rings is 1. The SMILES string of the molecule is O=C(c1ccc(N2CCOCC2)cc1)N1CCC(Oc2ccc3ccccc3n2)C1. The number of ether oxygens (including phenoxy) is 2. The highest BCUT2D eigenvalue weighted by Gasteiger charge is 2.28. The van der Waals surface area contributed by atoms with E-state index in [0.717, 1.165) is 54.9 Å². The van der Waals surface area contributed by atoms with Gasteiger partial charge in [0.25, 0.3) is 5.91 Å². The number of hydrogen-bond acceptors (Lipinski definition) is 5. The van der Waals surface area contributed by atoms with E-state index < -0.39 is 0 Å². The summed E-state index contributed by atoms with van der Waals surface area (Å²) in [5, 5.41) is 1.09. The molecule has 3 heterocycles. The molecule has 0 radical (unpaired) electrons. The van der Waals surface area contributed by atoms with Crippen molar-refractivity contribution in [1.29, 1.82) is 0 Å². The Morgan fingerprint density at radius 3 is 2.60 bits per heavy atom. The van der Waals surface area contributed by atoms with E-state index in [1.807, 2.05) is 65.6 Å². The molecule has 2 fully saturated rings. The fraction of sp³-hybridized carbons (Fsp3) is 0.333. The molecule has 1 unspecified atom stereocenters. The molecular weight excluding hydrogens is 378 g/mol. The second-order valence-corrected chi connectivity index (χ2v) is 7.77. The summed E-state index contributed by atoms with van der Waals surface area (Å²) in [6.07, 6.45) is 0.779. The molecule has 3 aromatic rings. The van der Waals surface area contributed by atoms with Crippen molar-refractivity contribution in [1.82, 2.24) is 9.88 Å². The third kappa shape index (κ3) is 3.96. The van der Waals surface area contributed by atoms with Crippen LogP contribution in [-0.2, 0) is 4.74 Å². The molecule has 2 aromatic carbocycles. The maximum Gasteiger partial charge on any atom is 0.253 e. The minimum atomic E-state index is -0.0322. The molecule has 1 amide bonds. The third-order valence-electron chi connectivity index (χ3n) is 5.78. The molecule has 0 saturated carbocycles. The number of amides is 1. The van der Waals surface area contributed by atoms with Gasteiger partial charge in [-0.15, -0.1) is 0 Å². The summed E-state index contributed by atoms with van der Waals surface area (Å²) in [4.78, 5) is 21.7. The number of carbonyl (C=O) groups is 1. The van der Waals surface area contributed by atoms with Gasteiger partial charge in [0.2, 0.25) is 5.88 Å². The molecule has 1 atom stereocenters. The van der Waals surface area contributed by atoms with E-state index in [4.69, 9.17) is 9.47 Å². The van der Waals surface area contributed by atoms with Crippen LogP contribution in [0.2, 0.25) is 0 Å². The first-order valence-electron chi connectivity index (χ1n) is 10.5. The Morgan fingerprint density at radius 1 is 0.967 bits per heavy atom. The Hall–Kier alpha value is -3.12. The fourth-order valence-corrected chi connectivity index (χ4v) is 4.11. The van der Waals surface area contributed by atoms with Gasteiger partial charge in [-0.25, -0.2) is 4.98 Å². The van der Waals surface area contributed by atoms with Crippen molar-refractivity contribution >= 4 is 22.5 Å². The summed E-state index contributed by atoms with van der Waals surface area (Å²) in [5.41, 5.74) is 2.78. The van der Waals surface area contributed by atoms with E-state index in [1.54, 1.807) is 0 Å². The average Bonchev–Trinajstić information content (AvgIpc) is 3.27. The van der Waals surface area contributed by atoms with E-state index in [-0.39, 0.29) is 12.0 Å². The lowest BCUT2D eigenvalue weighted by molar-refractivity contribution is 0.0771. The zero-order valence-electron chi connectivity index (χ0n) is 16.9. The lowest BCUT2D eigenvalue weighted by Crippen LogP contribution is -2.36. The maximum atomic E-state index is 12.9. The zero-order chi connectivity index (χ0) is 20.3. The molecule has 6 heteroatoms. The van der Waals surface area contributed by atoms with Crippen molar-refractivity contribution in [2.24, 2.45) is 0 Å². The van der Waals surface area contributed by atoms with Crippen LogP contribution in [0.4, 0.5) is 5.69 Å². The number of aromatic nitrogens is 1. The molecule has 5 rings (SSSR count). The van der Waals surface area contributed by atoms with Crippen molar-refractivity contribution in [2.45, 2.75) is 12.5 Å². The number of likely N-dealkylation sites (tertiary alicyclic amines) is 1. The number of morpholine rings is 1. The zero-order valence-corrected chi connectivity index (χ0v) is 16.9. The minimum absolute atomic E-state index is 0.0322. The Bertz CT molecular complexity index is 1030. The van der Waals surface area contributed by atoms with Crippen LogP contribution in [0.15, 0.2) is 60.7 Å². The molecular formula is C24H25N3O3. The summed E-state index contributed by atoms with van der Waals surface area (Å²) in [5.74, 6) is 0.670. The highest BCUT2D eigenvalue weighted by molar-refractivity contribution is 5.94. The standard InChI is InChI=1S/C24H25N3O3/c28-24(19-5-8-20(9-6-19)26-13-15-29-16-14-26)27-12-11-21(17-27)30-23-10-7-18-3-1-2-4-22(18)25-23/h1-10,21H,11-17H2. The van der Waals surface area contributed by atoms with Crippen LogP contribution in [0.1, 0.15) is 16.8 Å². The van der Waals surface area contributed by atoms with E-state index in [0.29, 0.717) is 19.0 Å². The number of anilines is 1. The largest absolute Gasteiger partial charge is 0.472 e. The first-order valence-corrected chi connectivity index (χ1v) is 10.5. The molecule has 6 nitrogen and oxygen atoms in total. The quantitative estimate of drug-likeness (QED) is 0.669. The van der Waals surface area contributed by atoms with Gasteiger partial charge in [0.15, 0.2) is 0 Å². The minimum Gasteiger partial charge on any atom is -0.472 e. The van der Waals surface area contributed by atoms with Crippen LogP contribution in [0.25, 0.3) is 10.9 Å². The van der Waals surface area contributed by atoms with Crippen molar-refractivity contribution in [2.75, 3.05) is 44.3 Å². The lowest BCUT2D eigenvalue weighted by atomic mass is 10.1. The van der Waals surface area contributed by atoms with E-state index in [9.17, 15) is 4.79 Å². The highest BCUT2D eigenvalue weighted by atomic mass is 16.5. The number of para-hydroxylation sites is 1. The van der Waals surface area contributed by atoms with Crippen molar-refractivity contribution in [3.8, 4) is 5.88 Å². The monoisotopic (exact) mass is 403 g/mol. The van der Waals surface area contributed by atoms with Gasteiger partial charge in [-0.1, -0.05) is 18.2 Å². The van der Waals surface area contributed by atoms with Crippen LogP contribution in [0.3, 0.4) is 0 Å². The second-order valence-electron chi connectivity index (χ2n) is 7.77. The van der Waals surface area contributed by atoms with Gasteiger partial charge < -0.3 is 19.3 Å². The van der Waals surface area contributed by atoms with Gasteiger partial charge >= 0.3 is 0 Å². The number of benzene rings is 2.